The predicted octanol–water partition coefficient (Wildman–Crippen LogP) is 26.5. The van der Waals surface area contributed by atoms with Crippen LogP contribution in [0.2, 0.25) is 0 Å². The first kappa shape index (κ1) is 103. The number of phosphoric ester groups is 2. The number of esters is 4. The molecule has 0 rings (SSSR count). The van der Waals surface area contributed by atoms with E-state index in [2.05, 4.69) is 27.7 Å². The van der Waals surface area contributed by atoms with Crippen LogP contribution in [0.1, 0.15) is 471 Å². The van der Waals surface area contributed by atoms with E-state index in [1.807, 2.05) is 0 Å². The molecule has 0 aromatic heterocycles. The van der Waals surface area contributed by atoms with Gasteiger partial charge in [0.25, 0.3) is 0 Å². The summed E-state index contributed by atoms with van der Waals surface area (Å²) < 4.78 is 68.9. The zero-order valence-electron chi connectivity index (χ0n) is 68.7. The summed E-state index contributed by atoms with van der Waals surface area (Å²) >= 11 is 0. The second-order valence-electron chi connectivity index (χ2n) is 30.9. The molecule has 0 saturated heterocycles. The lowest BCUT2D eigenvalue weighted by Crippen LogP contribution is -2.30. The highest BCUT2D eigenvalue weighted by molar-refractivity contribution is 7.47. The molecule has 624 valence electrons. The highest BCUT2D eigenvalue weighted by Gasteiger charge is 2.30. The lowest BCUT2D eigenvalue weighted by Gasteiger charge is -2.21. The van der Waals surface area contributed by atoms with E-state index in [0.717, 1.165) is 89.9 Å². The number of carbonyl (C=O) groups excluding carboxylic acids is 4. The van der Waals surface area contributed by atoms with Gasteiger partial charge in [0.1, 0.15) is 19.3 Å². The number of hydrogen-bond donors (Lipinski definition) is 3. The third kappa shape index (κ3) is 79.9. The van der Waals surface area contributed by atoms with E-state index < -0.39 is 97.5 Å². The maximum Gasteiger partial charge on any atom is 0.472 e. The van der Waals surface area contributed by atoms with Crippen LogP contribution in [0.15, 0.2) is 0 Å². The Kier molecular flexibility index (Phi) is 78.6. The monoisotopic (exact) mass is 1540 g/mol. The van der Waals surface area contributed by atoms with Crippen LogP contribution in [-0.2, 0) is 65.4 Å². The molecule has 0 spiro atoms. The van der Waals surface area contributed by atoms with E-state index in [0.29, 0.717) is 25.7 Å². The van der Waals surface area contributed by atoms with Gasteiger partial charge in [-0.15, -0.1) is 0 Å². The summed E-state index contributed by atoms with van der Waals surface area (Å²) in [5, 5.41) is 10.7. The zero-order valence-corrected chi connectivity index (χ0v) is 70.5. The van der Waals surface area contributed by atoms with E-state index in [4.69, 9.17) is 37.0 Å². The van der Waals surface area contributed by atoms with Crippen LogP contribution < -0.4 is 0 Å². The number of ether oxygens (including phenoxy) is 4. The van der Waals surface area contributed by atoms with Gasteiger partial charge in [-0.1, -0.05) is 419 Å². The molecule has 0 radical (unpaired) electrons. The van der Waals surface area contributed by atoms with Crippen molar-refractivity contribution in [2.24, 2.45) is 0 Å². The van der Waals surface area contributed by atoms with Crippen molar-refractivity contribution >= 4 is 39.5 Å². The molecule has 0 saturated carbocycles. The minimum atomic E-state index is -4.96. The summed E-state index contributed by atoms with van der Waals surface area (Å²) in [7, 11) is -9.93. The number of aliphatic hydroxyl groups excluding tert-OH is 1. The Morgan fingerprint density at radius 3 is 0.562 bits per heavy atom. The molecule has 105 heavy (non-hydrogen) atoms. The average molecular weight is 1540 g/mol. The molecule has 0 aromatic carbocycles. The molecule has 0 amide bonds. The molecule has 5 atom stereocenters. The standard InChI is InChI=1S/C86H168O17P2/c1-5-9-13-17-21-25-29-33-36-38-39-40-41-42-45-49-53-57-61-65-69-73-86(91)103-82(77-97-84(89)71-67-63-59-55-51-47-44-37-34-30-26-22-18-14-10-6-2)79-101-105(94,95)99-75-80(87)74-98-104(92,93)100-78-81(76-96-83(88)70-66-62-58-54-50-46-32-28-24-20-16-12-8-4)102-85(90)72-68-64-60-56-52-48-43-35-31-27-23-19-15-11-7-3/h80-82,87H,5-79H2,1-4H3,(H,92,93)(H,94,95)/t80-,81+,82+/m0/s1. The fraction of sp³-hybridized carbons (Fsp3) is 0.953. The Morgan fingerprint density at radius 2 is 0.381 bits per heavy atom. The van der Waals surface area contributed by atoms with Gasteiger partial charge in [0.05, 0.1) is 26.4 Å². The number of phosphoric acid groups is 2. The van der Waals surface area contributed by atoms with E-state index in [1.54, 1.807) is 0 Å². The van der Waals surface area contributed by atoms with Gasteiger partial charge >= 0.3 is 39.5 Å². The largest absolute Gasteiger partial charge is 0.472 e. The van der Waals surface area contributed by atoms with Crippen LogP contribution >= 0.6 is 15.6 Å². The summed E-state index contributed by atoms with van der Waals surface area (Å²) in [5.41, 5.74) is 0. The predicted molar refractivity (Wildman–Crippen MR) is 432 cm³/mol. The van der Waals surface area contributed by atoms with Crippen LogP contribution in [0, 0.1) is 0 Å². The van der Waals surface area contributed by atoms with Gasteiger partial charge in [0, 0.05) is 25.7 Å². The molecule has 0 aromatic rings. The van der Waals surface area contributed by atoms with Gasteiger partial charge in [-0.3, -0.25) is 37.3 Å². The van der Waals surface area contributed by atoms with E-state index in [1.165, 1.54) is 302 Å². The lowest BCUT2D eigenvalue weighted by molar-refractivity contribution is -0.161. The maximum atomic E-state index is 13.1. The van der Waals surface area contributed by atoms with Crippen LogP contribution in [0.3, 0.4) is 0 Å². The Balaban J connectivity index is 5.25. The van der Waals surface area contributed by atoms with Crippen molar-refractivity contribution in [1.29, 1.82) is 0 Å². The average Bonchev–Trinajstić information content (AvgIpc) is 0.993. The summed E-state index contributed by atoms with van der Waals surface area (Å²) in [6, 6.07) is 0. The Labute approximate surface area is 645 Å². The van der Waals surface area contributed by atoms with Crippen molar-refractivity contribution in [3.05, 3.63) is 0 Å². The van der Waals surface area contributed by atoms with Crippen LogP contribution in [-0.4, -0.2) is 96.7 Å². The summed E-state index contributed by atoms with van der Waals surface area (Å²) in [6.07, 6.45) is 74.9. The van der Waals surface area contributed by atoms with Gasteiger partial charge in [0.2, 0.25) is 0 Å². The molecule has 0 aliphatic carbocycles. The fourth-order valence-corrected chi connectivity index (χ4v) is 15.1. The van der Waals surface area contributed by atoms with Gasteiger partial charge in [0.15, 0.2) is 12.2 Å². The summed E-state index contributed by atoms with van der Waals surface area (Å²) in [5.74, 6) is -2.09. The second kappa shape index (κ2) is 80.1. The minimum Gasteiger partial charge on any atom is -0.462 e. The highest BCUT2D eigenvalue weighted by Crippen LogP contribution is 2.45. The highest BCUT2D eigenvalue weighted by atomic mass is 31.2. The first-order valence-corrected chi connectivity index (χ1v) is 47.8. The summed E-state index contributed by atoms with van der Waals surface area (Å²) in [6.45, 7) is 5.07. The van der Waals surface area contributed by atoms with E-state index in [-0.39, 0.29) is 25.7 Å². The molecule has 3 N–H and O–H groups in total. The molecule has 0 heterocycles. The number of rotatable bonds is 87. The van der Waals surface area contributed by atoms with Crippen molar-refractivity contribution in [2.75, 3.05) is 39.6 Å². The van der Waals surface area contributed by atoms with Crippen molar-refractivity contribution in [3.8, 4) is 0 Å². The van der Waals surface area contributed by atoms with Crippen LogP contribution in [0.4, 0.5) is 0 Å². The minimum absolute atomic E-state index is 0.109. The number of carbonyl (C=O) groups is 4. The van der Waals surface area contributed by atoms with Gasteiger partial charge in [-0.2, -0.15) is 0 Å². The van der Waals surface area contributed by atoms with Crippen molar-refractivity contribution in [2.45, 2.75) is 489 Å². The number of aliphatic hydroxyl groups is 1. The van der Waals surface area contributed by atoms with E-state index in [9.17, 15) is 43.2 Å². The Morgan fingerprint density at radius 1 is 0.229 bits per heavy atom. The molecule has 0 fully saturated rings. The van der Waals surface area contributed by atoms with Crippen LogP contribution in [0.25, 0.3) is 0 Å². The lowest BCUT2D eigenvalue weighted by atomic mass is 10.0. The molecular formula is C86H168O17P2. The van der Waals surface area contributed by atoms with Crippen molar-refractivity contribution < 1.29 is 80.2 Å². The zero-order chi connectivity index (χ0) is 76.7. The van der Waals surface area contributed by atoms with E-state index >= 15 is 0 Å². The van der Waals surface area contributed by atoms with Gasteiger partial charge < -0.3 is 33.8 Å². The quantitative estimate of drug-likeness (QED) is 0.0222. The second-order valence-corrected chi connectivity index (χ2v) is 33.8. The molecule has 17 nitrogen and oxygen atoms in total. The molecule has 0 bridgehead atoms. The molecule has 0 aliphatic rings. The Hall–Kier alpha value is -1.94. The van der Waals surface area contributed by atoms with Crippen molar-refractivity contribution in [3.63, 3.8) is 0 Å². The smallest absolute Gasteiger partial charge is 0.462 e. The SMILES string of the molecule is CCCCCCCCCCCCCCCCCCCCCCCC(=O)O[C@H](COC(=O)CCCCCCCCCCCCCCCCCC)COP(=O)(O)OC[C@@H](O)COP(=O)(O)OC[C@@H](COC(=O)CCCCCCCCCCCCCCC)OC(=O)CCCCCCCCCCCCCCCCC. The first-order chi connectivity index (χ1) is 51.2. The maximum absolute atomic E-state index is 13.1. The fourth-order valence-electron chi connectivity index (χ4n) is 13.5. The molecule has 19 heteroatoms. The topological polar surface area (TPSA) is 237 Å². The molecular weight excluding hydrogens is 1370 g/mol. The van der Waals surface area contributed by atoms with Crippen molar-refractivity contribution in [1.82, 2.24) is 0 Å². The normalized spacial score (nSPS) is 13.7. The first-order valence-electron chi connectivity index (χ1n) is 44.8. The summed E-state index contributed by atoms with van der Waals surface area (Å²) in [4.78, 5) is 73.3. The van der Waals surface area contributed by atoms with Gasteiger partial charge in [-0.05, 0) is 25.7 Å². The molecule has 0 aliphatic heterocycles. The molecule has 2 unspecified atom stereocenters. The van der Waals surface area contributed by atoms with Gasteiger partial charge in [-0.25, -0.2) is 9.13 Å². The number of hydrogen-bond acceptors (Lipinski definition) is 15. The third-order valence-corrected chi connectivity index (χ3v) is 22.3. The third-order valence-electron chi connectivity index (χ3n) is 20.4. The Bertz CT molecular complexity index is 1980. The van der Waals surface area contributed by atoms with Crippen LogP contribution in [0.5, 0.6) is 0 Å². The number of unbranched alkanes of at least 4 members (excludes halogenated alkanes) is 61.